The molecular weight excluding hydrogens is 408 g/mol. The highest BCUT2D eigenvalue weighted by Gasteiger charge is 2.47. The zero-order chi connectivity index (χ0) is 22.7. The Labute approximate surface area is 185 Å². The number of nitrogens with zero attached hydrogens (tertiary/aromatic N) is 2. The zero-order valence-corrected chi connectivity index (χ0v) is 17.7. The van der Waals surface area contributed by atoms with Crippen molar-refractivity contribution < 1.29 is 24.2 Å². The van der Waals surface area contributed by atoms with E-state index in [1.54, 1.807) is 73.1 Å². The number of carbonyl (C=O) groups is 2. The Balaban J connectivity index is 1.90. The first-order chi connectivity index (χ1) is 15.6. The molecule has 0 bridgehead atoms. The summed E-state index contributed by atoms with van der Waals surface area (Å²) in [7, 11) is 1.50. The number of methoxy groups -OCH3 is 1. The first-order valence-corrected chi connectivity index (χ1v) is 10.1. The number of hydrogen-bond donors (Lipinski definition) is 1. The highest BCUT2D eigenvalue weighted by molar-refractivity contribution is 6.51. The maximum atomic E-state index is 13.2. The molecule has 0 aliphatic carbocycles. The number of Topliss-reactive ketones (excluding diaryl/α,β-unsaturated/α-hetero) is 1. The molecule has 1 amide bonds. The molecule has 0 spiro atoms. The number of amides is 1. The lowest BCUT2D eigenvalue weighted by Gasteiger charge is -2.26. The van der Waals surface area contributed by atoms with Gasteiger partial charge in [-0.15, -0.1) is 0 Å². The van der Waals surface area contributed by atoms with Gasteiger partial charge < -0.3 is 14.6 Å². The fraction of sp³-hybridized carbons (Fsp3) is 0.160. The molecule has 0 radical (unpaired) electrons. The van der Waals surface area contributed by atoms with Gasteiger partial charge in [0.25, 0.3) is 11.7 Å². The SMILES string of the molecule is CCOc1ccc(/C(O)=C2\C(=O)C(=O)N(c3ccccc3OC)C2c2ccncc2)cc1. The van der Waals surface area contributed by atoms with Gasteiger partial charge in [0, 0.05) is 18.0 Å². The Morgan fingerprint density at radius 2 is 1.72 bits per heavy atom. The average molecular weight is 430 g/mol. The zero-order valence-electron chi connectivity index (χ0n) is 17.7. The summed E-state index contributed by atoms with van der Waals surface area (Å²) in [5, 5.41) is 11.1. The maximum absolute atomic E-state index is 13.2. The van der Waals surface area contributed by atoms with Gasteiger partial charge in [-0.25, -0.2) is 0 Å². The number of aliphatic hydroxyl groups excluding tert-OH is 1. The summed E-state index contributed by atoms with van der Waals surface area (Å²) < 4.78 is 10.9. The second-order valence-corrected chi connectivity index (χ2v) is 7.08. The van der Waals surface area contributed by atoms with Gasteiger partial charge >= 0.3 is 0 Å². The molecular formula is C25H22N2O5. The number of pyridine rings is 1. The Morgan fingerprint density at radius 1 is 1.03 bits per heavy atom. The summed E-state index contributed by atoms with van der Waals surface area (Å²) in [6.07, 6.45) is 3.16. The summed E-state index contributed by atoms with van der Waals surface area (Å²) >= 11 is 0. The molecule has 2 heterocycles. The molecule has 3 aromatic rings. The number of ketones is 1. The largest absolute Gasteiger partial charge is 0.507 e. The van der Waals surface area contributed by atoms with Gasteiger partial charge in [0.15, 0.2) is 0 Å². The van der Waals surface area contributed by atoms with E-state index in [1.165, 1.54) is 12.0 Å². The van der Waals surface area contributed by atoms with Gasteiger partial charge in [0.1, 0.15) is 17.3 Å². The highest BCUT2D eigenvalue weighted by Crippen LogP contribution is 2.44. The minimum atomic E-state index is -0.846. The summed E-state index contributed by atoms with van der Waals surface area (Å²) in [5.41, 5.74) is 1.48. The Morgan fingerprint density at radius 3 is 2.38 bits per heavy atom. The molecule has 162 valence electrons. The van der Waals surface area contributed by atoms with Gasteiger partial charge in [-0.2, -0.15) is 0 Å². The Hall–Kier alpha value is -4.13. The monoisotopic (exact) mass is 430 g/mol. The fourth-order valence-electron chi connectivity index (χ4n) is 3.80. The van der Waals surface area contributed by atoms with E-state index in [1.807, 2.05) is 6.92 Å². The van der Waals surface area contributed by atoms with Crippen LogP contribution in [-0.4, -0.2) is 35.5 Å². The van der Waals surface area contributed by atoms with Crippen LogP contribution >= 0.6 is 0 Å². The normalized spacial score (nSPS) is 17.4. The molecule has 7 nitrogen and oxygen atoms in total. The predicted molar refractivity (Wildman–Crippen MR) is 120 cm³/mol. The van der Waals surface area contributed by atoms with Crippen LogP contribution in [0.3, 0.4) is 0 Å². The molecule has 1 N–H and O–H groups in total. The van der Waals surface area contributed by atoms with Crippen LogP contribution in [0.1, 0.15) is 24.1 Å². The number of benzene rings is 2. The third-order valence-electron chi connectivity index (χ3n) is 5.25. The third kappa shape index (κ3) is 3.69. The molecule has 1 atom stereocenters. The number of para-hydroxylation sites is 2. The number of hydrogen-bond acceptors (Lipinski definition) is 6. The van der Waals surface area contributed by atoms with Gasteiger partial charge in [0.2, 0.25) is 0 Å². The summed E-state index contributed by atoms with van der Waals surface area (Å²) in [6, 6.07) is 16.2. The van der Waals surface area contributed by atoms with E-state index in [-0.39, 0.29) is 11.3 Å². The first kappa shape index (κ1) is 21.1. The number of rotatable bonds is 6. The van der Waals surface area contributed by atoms with E-state index in [2.05, 4.69) is 4.98 Å². The maximum Gasteiger partial charge on any atom is 0.300 e. The van der Waals surface area contributed by atoms with E-state index >= 15 is 0 Å². The lowest BCUT2D eigenvalue weighted by molar-refractivity contribution is -0.132. The van der Waals surface area contributed by atoms with Crippen molar-refractivity contribution in [2.24, 2.45) is 0 Å². The predicted octanol–water partition coefficient (Wildman–Crippen LogP) is 4.12. The van der Waals surface area contributed by atoms with Gasteiger partial charge in [-0.1, -0.05) is 12.1 Å². The quantitative estimate of drug-likeness (QED) is 0.360. The second-order valence-electron chi connectivity index (χ2n) is 7.08. The van der Waals surface area contributed by atoms with Crippen LogP contribution < -0.4 is 14.4 Å². The molecule has 1 aromatic heterocycles. The molecule has 0 saturated carbocycles. The lowest BCUT2D eigenvalue weighted by atomic mass is 9.95. The first-order valence-electron chi connectivity index (χ1n) is 10.1. The number of carbonyl (C=O) groups excluding carboxylic acids is 2. The van der Waals surface area contributed by atoms with Crippen molar-refractivity contribution in [2.45, 2.75) is 13.0 Å². The Kier molecular flexibility index (Phi) is 5.89. The molecule has 1 aliphatic heterocycles. The van der Waals surface area contributed by atoms with E-state index in [0.717, 1.165) is 0 Å². The molecule has 1 unspecified atom stereocenters. The van der Waals surface area contributed by atoms with Crippen molar-refractivity contribution in [1.29, 1.82) is 0 Å². The fourth-order valence-corrected chi connectivity index (χ4v) is 3.80. The second kappa shape index (κ2) is 8.93. The van der Waals surface area contributed by atoms with Crippen LogP contribution in [0.2, 0.25) is 0 Å². The molecule has 1 saturated heterocycles. The van der Waals surface area contributed by atoms with E-state index < -0.39 is 17.7 Å². The molecule has 1 fully saturated rings. The van der Waals surface area contributed by atoms with Crippen molar-refractivity contribution in [2.75, 3.05) is 18.6 Å². The van der Waals surface area contributed by atoms with Crippen LogP contribution in [0.4, 0.5) is 5.69 Å². The number of ether oxygens (including phenoxy) is 2. The van der Waals surface area contributed by atoms with E-state index in [4.69, 9.17) is 9.47 Å². The molecule has 32 heavy (non-hydrogen) atoms. The van der Waals surface area contributed by atoms with Crippen molar-refractivity contribution in [3.8, 4) is 11.5 Å². The minimum Gasteiger partial charge on any atom is -0.507 e. The number of aliphatic hydroxyl groups is 1. The number of aromatic nitrogens is 1. The smallest absolute Gasteiger partial charge is 0.300 e. The lowest BCUT2D eigenvalue weighted by Crippen LogP contribution is -2.29. The van der Waals surface area contributed by atoms with Crippen LogP contribution in [0.25, 0.3) is 5.76 Å². The van der Waals surface area contributed by atoms with Crippen molar-refractivity contribution in [1.82, 2.24) is 4.98 Å². The standard InChI is InChI=1S/C25H22N2O5/c1-3-32-18-10-8-17(9-11-18)23(28)21-22(16-12-14-26-15-13-16)27(25(30)24(21)29)19-6-4-5-7-20(19)31-2/h4-15,22,28H,3H2,1-2H3/b23-21+. The van der Waals surface area contributed by atoms with Gasteiger partial charge in [-0.05, 0) is 61.0 Å². The van der Waals surface area contributed by atoms with Gasteiger partial charge in [-0.3, -0.25) is 19.5 Å². The summed E-state index contributed by atoms with van der Waals surface area (Å²) in [4.78, 5) is 31.7. The van der Waals surface area contributed by atoms with E-state index in [0.29, 0.717) is 34.9 Å². The Bertz CT molecular complexity index is 1170. The van der Waals surface area contributed by atoms with Gasteiger partial charge in [0.05, 0.1) is 31.0 Å². The van der Waals surface area contributed by atoms with E-state index in [9.17, 15) is 14.7 Å². The van der Waals surface area contributed by atoms with Crippen molar-refractivity contribution in [3.05, 3.63) is 89.8 Å². The highest BCUT2D eigenvalue weighted by atomic mass is 16.5. The van der Waals surface area contributed by atoms with Crippen molar-refractivity contribution in [3.63, 3.8) is 0 Å². The average Bonchev–Trinajstić information content (AvgIpc) is 3.10. The molecule has 7 heteroatoms. The van der Waals surface area contributed by atoms with Crippen LogP contribution in [0.15, 0.2) is 78.6 Å². The topological polar surface area (TPSA) is 89.0 Å². The van der Waals surface area contributed by atoms with Crippen LogP contribution in [-0.2, 0) is 9.59 Å². The molecule has 4 rings (SSSR count). The van der Waals surface area contributed by atoms with Crippen LogP contribution in [0.5, 0.6) is 11.5 Å². The molecule has 2 aromatic carbocycles. The third-order valence-corrected chi connectivity index (χ3v) is 5.25. The molecule has 1 aliphatic rings. The van der Waals surface area contributed by atoms with Crippen molar-refractivity contribution >= 4 is 23.1 Å². The number of anilines is 1. The minimum absolute atomic E-state index is 0.00346. The summed E-state index contributed by atoms with van der Waals surface area (Å²) in [6.45, 7) is 2.39. The summed E-state index contributed by atoms with van der Waals surface area (Å²) in [5.74, 6) is -0.697. The van der Waals surface area contributed by atoms with Crippen LogP contribution in [0, 0.1) is 0 Å².